The Bertz CT molecular complexity index is 792. The lowest BCUT2D eigenvalue weighted by molar-refractivity contribution is -0.136. The van der Waals surface area contributed by atoms with Gasteiger partial charge >= 0.3 is 0 Å². The number of carbonyl (C=O) groups excluding carboxylic acids is 1. The topological polar surface area (TPSA) is 88.2 Å². The summed E-state index contributed by atoms with van der Waals surface area (Å²) in [5, 5.41) is 0. The van der Waals surface area contributed by atoms with E-state index in [9.17, 15) is 13.2 Å². The van der Waals surface area contributed by atoms with Crippen molar-refractivity contribution in [2.45, 2.75) is 37.8 Å². The van der Waals surface area contributed by atoms with E-state index in [1.807, 2.05) is 0 Å². The number of likely N-dealkylation sites (tertiary alicyclic amines) is 1. The molecule has 1 N–H and O–H groups in total. The van der Waals surface area contributed by atoms with Gasteiger partial charge in [0.25, 0.3) is 10.2 Å². The van der Waals surface area contributed by atoms with E-state index in [0.29, 0.717) is 31.0 Å². The third-order valence-corrected chi connectivity index (χ3v) is 6.93. The van der Waals surface area contributed by atoms with Gasteiger partial charge in [0.1, 0.15) is 6.04 Å². The number of hydrogen-bond donors (Lipinski definition) is 1. The molecule has 2 aliphatic heterocycles. The summed E-state index contributed by atoms with van der Waals surface area (Å²) in [7, 11) is 0.771. The fraction of sp³-hybridized carbons (Fsp3) is 0.611. The van der Waals surface area contributed by atoms with Crippen LogP contribution in [0.1, 0.15) is 37.3 Å². The lowest BCUT2D eigenvalue weighted by Gasteiger charge is -2.39. The number of nitrogens with zero attached hydrogens (tertiary/aromatic N) is 2. The van der Waals surface area contributed by atoms with Crippen LogP contribution in [-0.2, 0) is 15.0 Å². The summed E-state index contributed by atoms with van der Waals surface area (Å²) in [6.07, 6.45) is 3.40. The molecule has 1 aromatic carbocycles. The van der Waals surface area contributed by atoms with Gasteiger partial charge in [-0.05, 0) is 43.4 Å². The van der Waals surface area contributed by atoms with Crippen LogP contribution in [0.25, 0.3) is 0 Å². The van der Waals surface area contributed by atoms with Crippen LogP contribution >= 0.6 is 0 Å². The zero-order valence-electron chi connectivity index (χ0n) is 16.0. The number of rotatable bonds is 4. The Hall–Kier alpha value is -1.84. The Labute approximate surface area is 160 Å². The first kappa shape index (κ1) is 19.9. The molecular formula is C18H27N3O5S. The van der Waals surface area contributed by atoms with E-state index in [1.165, 1.54) is 14.2 Å². The molecule has 9 heteroatoms. The van der Waals surface area contributed by atoms with E-state index >= 15 is 0 Å². The average Bonchev–Trinajstić information content (AvgIpc) is 2.69. The molecule has 0 aliphatic carbocycles. The van der Waals surface area contributed by atoms with Crippen molar-refractivity contribution in [1.82, 2.24) is 13.9 Å². The normalized spacial score (nSPS) is 25.8. The standard InChI is InChI=1S/C18H27N3O5S/c1-20-15(18(22)21-9-5-4-6-10-21)12-14(19-27(20,23)24)13-7-8-16(25-2)17(11-13)26-3/h7-8,11,14-15,19H,4-6,9-10,12H2,1-3H3. The summed E-state index contributed by atoms with van der Waals surface area (Å²) in [5.74, 6) is 0.970. The molecule has 1 aromatic rings. The first-order valence-electron chi connectivity index (χ1n) is 9.13. The third-order valence-electron chi connectivity index (χ3n) is 5.33. The van der Waals surface area contributed by atoms with Gasteiger partial charge in [-0.1, -0.05) is 6.07 Å². The molecule has 2 fully saturated rings. The molecule has 27 heavy (non-hydrogen) atoms. The Morgan fingerprint density at radius 1 is 1.11 bits per heavy atom. The van der Waals surface area contributed by atoms with Crippen molar-refractivity contribution in [3.8, 4) is 11.5 Å². The van der Waals surface area contributed by atoms with Crippen LogP contribution in [0.4, 0.5) is 0 Å². The van der Waals surface area contributed by atoms with Gasteiger partial charge in [0.05, 0.1) is 20.3 Å². The van der Waals surface area contributed by atoms with Crippen LogP contribution < -0.4 is 14.2 Å². The zero-order valence-corrected chi connectivity index (χ0v) is 16.8. The highest BCUT2D eigenvalue weighted by molar-refractivity contribution is 7.87. The Kier molecular flexibility index (Phi) is 5.92. The fourth-order valence-corrected chi connectivity index (χ4v) is 4.97. The maximum atomic E-state index is 13.0. The second kappa shape index (κ2) is 8.04. The number of methoxy groups -OCH3 is 2. The highest BCUT2D eigenvalue weighted by Gasteiger charge is 2.42. The van der Waals surface area contributed by atoms with Gasteiger partial charge in [0, 0.05) is 20.1 Å². The molecule has 0 spiro atoms. The van der Waals surface area contributed by atoms with E-state index in [4.69, 9.17) is 9.47 Å². The maximum Gasteiger partial charge on any atom is 0.280 e. The monoisotopic (exact) mass is 397 g/mol. The molecule has 0 saturated carbocycles. The summed E-state index contributed by atoms with van der Waals surface area (Å²) in [6, 6.07) is 4.06. The van der Waals surface area contributed by atoms with E-state index < -0.39 is 22.3 Å². The number of benzene rings is 1. The van der Waals surface area contributed by atoms with Crippen LogP contribution in [0.3, 0.4) is 0 Å². The largest absolute Gasteiger partial charge is 0.493 e. The number of carbonyl (C=O) groups is 1. The molecule has 0 bridgehead atoms. The van der Waals surface area contributed by atoms with Crippen molar-refractivity contribution in [3.05, 3.63) is 23.8 Å². The molecule has 8 nitrogen and oxygen atoms in total. The van der Waals surface area contributed by atoms with Crippen LogP contribution in [0, 0.1) is 0 Å². The quantitative estimate of drug-likeness (QED) is 0.827. The van der Waals surface area contributed by atoms with Crippen LogP contribution in [0.15, 0.2) is 18.2 Å². The predicted molar refractivity (Wildman–Crippen MR) is 101 cm³/mol. The molecule has 2 saturated heterocycles. The molecule has 150 valence electrons. The second-order valence-corrected chi connectivity index (χ2v) is 8.71. The van der Waals surface area contributed by atoms with E-state index in [0.717, 1.165) is 29.1 Å². The van der Waals surface area contributed by atoms with Gasteiger partial charge in [-0.15, -0.1) is 0 Å². The number of nitrogens with one attached hydrogen (secondary N) is 1. The number of amides is 1. The summed E-state index contributed by atoms with van der Waals surface area (Å²) >= 11 is 0. The number of likely N-dealkylation sites (N-methyl/N-ethyl adjacent to an activating group) is 1. The van der Waals surface area contributed by atoms with Gasteiger partial charge in [-0.25, -0.2) is 0 Å². The predicted octanol–water partition coefficient (Wildman–Crippen LogP) is 1.30. The van der Waals surface area contributed by atoms with Gasteiger partial charge < -0.3 is 14.4 Å². The van der Waals surface area contributed by atoms with Gasteiger partial charge in [0.2, 0.25) is 5.91 Å². The van der Waals surface area contributed by atoms with E-state index in [2.05, 4.69) is 4.72 Å². The van der Waals surface area contributed by atoms with Crippen LogP contribution in [0.2, 0.25) is 0 Å². The van der Waals surface area contributed by atoms with Crippen LogP contribution in [0.5, 0.6) is 11.5 Å². The summed E-state index contributed by atoms with van der Waals surface area (Å²) in [4.78, 5) is 14.8. The Balaban J connectivity index is 1.88. The minimum absolute atomic E-state index is 0.118. The smallest absolute Gasteiger partial charge is 0.280 e. The summed E-state index contributed by atoms with van der Waals surface area (Å²) in [6.45, 7) is 1.38. The highest BCUT2D eigenvalue weighted by atomic mass is 32.2. The zero-order chi connectivity index (χ0) is 19.6. The van der Waals surface area contributed by atoms with E-state index in [1.54, 1.807) is 30.2 Å². The van der Waals surface area contributed by atoms with Crippen molar-refractivity contribution in [1.29, 1.82) is 0 Å². The number of ether oxygens (including phenoxy) is 2. The average molecular weight is 397 g/mol. The van der Waals surface area contributed by atoms with Crippen molar-refractivity contribution < 1.29 is 22.7 Å². The molecule has 0 radical (unpaired) electrons. The molecular weight excluding hydrogens is 370 g/mol. The number of piperidine rings is 1. The summed E-state index contributed by atoms with van der Waals surface area (Å²) < 4.78 is 39.6. The summed E-state index contributed by atoms with van der Waals surface area (Å²) in [5.41, 5.74) is 0.737. The SMILES string of the molecule is COc1ccc(C2CC(C(=O)N3CCCCC3)N(C)S(=O)(=O)N2)cc1OC. The van der Waals surface area contributed by atoms with Gasteiger partial charge in [-0.2, -0.15) is 17.4 Å². The molecule has 3 rings (SSSR count). The van der Waals surface area contributed by atoms with E-state index in [-0.39, 0.29) is 5.91 Å². The van der Waals surface area contributed by atoms with Gasteiger partial charge in [-0.3, -0.25) is 4.79 Å². The molecule has 2 atom stereocenters. The number of hydrogen-bond acceptors (Lipinski definition) is 5. The fourth-order valence-electron chi connectivity index (χ4n) is 3.71. The highest BCUT2D eigenvalue weighted by Crippen LogP contribution is 2.34. The maximum absolute atomic E-state index is 13.0. The van der Waals surface area contributed by atoms with Crippen molar-refractivity contribution in [3.63, 3.8) is 0 Å². The Morgan fingerprint density at radius 3 is 2.41 bits per heavy atom. The molecule has 2 unspecified atom stereocenters. The lowest BCUT2D eigenvalue weighted by atomic mass is 9.98. The molecule has 2 aliphatic rings. The second-order valence-electron chi connectivity index (χ2n) is 6.94. The lowest BCUT2D eigenvalue weighted by Crippen LogP contribution is -2.58. The van der Waals surface area contributed by atoms with Gasteiger partial charge in [0.15, 0.2) is 11.5 Å². The van der Waals surface area contributed by atoms with Crippen LogP contribution in [-0.4, -0.2) is 63.9 Å². The minimum atomic E-state index is -3.76. The molecule has 2 heterocycles. The Morgan fingerprint density at radius 2 is 1.78 bits per heavy atom. The van der Waals surface area contributed by atoms with Crippen molar-refractivity contribution in [2.75, 3.05) is 34.4 Å². The third kappa shape index (κ3) is 4.04. The first-order valence-corrected chi connectivity index (χ1v) is 10.6. The van der Waals surface area contributed by atoms with Crippen molar-refractivity contribution >= 4 is 16.1 Å². The molecule has 0 aromatic heterocycles. The first-order chi connectivity index (χ1) is 12.9. The van der Waals surface area contributed by atoms with Crippen molar-refractivity contribution in [2.24, 2.45) is 0 Å². The molecule has 1 amide bonds. The minimum Gasteiger partial charge on any atom is -0.493 e.